The van der Waals surface area contributed by atoms with Crippen molar-refractivity contribution in [2.24, 2.45) is 5.73 Å². The summed E-state index contributed by atoms with van der Waals surface area (Å²) in [5, 5.41) is 0. The van der Waals surface area contributed by atoms with Crippen LogP contribution < -0.4 is 5.73 Å². The lowest BCUT2D eigenvalue weighted by atomic mass is 10.1. The molecule has 0 aliphatic carbocycles. The van der Waals surface area contributed by atoms with E-state index in [-0.39, 0.29) is 12.1 Å². The number of ether oxygens (including phenoxy) is 1. The lowest BCUT2D eigenvalue weighted by Crippen LogP contribution is -2.23. The predicted octanol–water partition coefficient (Wildman–Crippen LogP) is 0.198. The highest BCUT2D eigenvalue weighted by Gasteiger charge is 2.27. The Hall–Kier alpha value is -0.870. The van der Waals surface area contributed by atoms with Crippen LogP contribution in [0.15, 0.2) is 12.5 Å². The molecule has 4 heteroatoms. The van der Waals surface area contributed by atoms with Gasteiger partial charge in [0.2, 0.25) is 0 Å². The number of hydrogen-bond acceptors (Lipinski definition) is 3. The Morgan fingerprint density at radius 3 is 3.18 bits per heavy atom. The van der Waals surface area contributed by atoms with E-state index in [1.807, 2.05) is 0 Å². The molecule has 4 nitrogen and oxygen atoms in total. The van der Waals surface area contributed by atoms with Crippen LogP contribution in [-0.2, 0) is 4.74 Å². The number of imidazole rings is 1. The topological polar surface area (TPSA) is 63.9 Å². The largest absolute Gasteiger partial charge is 0.370 e. The quantitative estimate of drug-likeness (QED) is 0.605. The summed E-state index contributed by atoms with van der Waals surface area (Å²) in [4.78, 5) is 6.90. The maximum absolute atomic E-state index is 5.80. The average molecular weight is 153 g/mol. The number of aromatic amines is 1. The Kier molecular flexibility index (Phi) is 1.63. The van der Waals surface area contributed by atoms with Gasteiger partial charge in [-0.2, -0.15) is 0 Å². The first-order valence-corrected chi connectivity index (χ1v) is 3.73. The summed E-state index contributed by atoms with van der Waals surface area (Å²) < 4.78 is 5.41. The molecule has 60 valence electrons. The van der Waals surface area contributed by atoms with Crippen LogP contribution in [0.25, 0.3) is 0 Å². The molecular weight excluding hydrogens is 142 g/mol. The van der Waals surface area contributed by atoms with Crippen LogP contribution in [0.2, 0.25) is 0 Å². The summed E-state index contributed by atoms with van der Waals surface area (Å²) in [7, 11) is 0. The molecule has 2 rings (SSSR count). The zero-order valence-electron chi connectivity index (χ0n) is 6.16. The Balaban J connectivity index is 2.16. The van der Waals surface area contributed by atoms with E-state index >= 15 is 0 Å². The second-order valence-corrected chi connectivity index (χ2v) is 2.75. The summed E-state index contributed by atoms with van der Waals surface area (Å²) in [6.45, 7) is 0.755. The molecule has 1 aliphatic rings. The molecule has 1 aliphatic heterocycles. The lowest BCUT2D eigenvalue weighted by molar-refractivity contribution is 0.102. The summed E-state index contributed by atoms with van der Waals surface area (Å²) in [6.07, 6.45) is 4.36. The standard InChI is InChI=1S/C7H11N3O/c8-5-1-2-11-7(5)6-3-9-4-10-6/h3-5,7H,1-2,8H2,(H,9,10)/t5-,7-/m1/s1. The Morgan fingerprint density at radius 2 is 2.64 bits per heavy atom. The minimum atomic E-state index is 0.0255. The van der Waals surface area contributed by atoms with Gasteiger partial charge in [0.25, 0.3) is 0 Å². The van der Waals surface area contributed by atoms with Crippen LogP contribution in [0.3, 0.4) is 0 Å². The van der Waals surface area contributed by atoms with Gasteiger partial charge in [-0.05, 0) is 6.42 Å². The van der Waals surface area contributed by atoms with Gasteiger partial charge in [0.15, 0.2) is 0 Å². The summed E-state index contributed by atoms with van der Waals surface area (Å²) in [6, 6.07) is 0.121. The molecule has 0 radical (unpaired) electrons. The van der Waals surface area contributed by atoms with Gasteiger partial charge >= 0.3 is 0 Å². The first-order valence-electron chi connectivity index (χ1n) is 3.73. The number of rotatable bonds is 1. The molecule has 0 saturated carbocycles. The highest BCUT2D eigenvalue weighted by molar-refractivity contribution is 5.04. The van der Waals surface area contributed by atoms with Crippen molar-refractivity contribution in [3.05, 3.63) is 18.2 Å². The van der Waals surface area contributed by atoms with Crippen molar-refractivity contribution in [2.75, 3.05) is 6.61 Å². The van der Waals surface area contributed by atoms with E-state index in [1.165, 1.54) is 0 Å². The van der Waals surface area contributed by atoms with Crippen LogP contribution in [-0.4, -0.2) is 22.6 Å². The lowest BCUT2D eigenvalue weighted by Gasteiger charge is -2.11. The second kappa shape index (κ2) is 2.64. The second-order valence-electron chi connectivity index (χ2n) is 2.75. The molecule has 3 N–H and O–H groups in total. The number of nitrogens with one attached hydrogen (secondary N) is 1. The molecular formula is C7H11N3O. The molecule has 1 aromatic heterocycles. The van der Waals surface area contributed by atoms with Crippen molar-refractivity contribution < 1.29 is 4.74 Å². The van der Waals surface area contributed by atoms with E-state index in [4.69, 9.17) is 10.5 Å². The minimum Gasteiger partial charge on any atom is -0.370 e. The number of H-pyrrole nitrogens is 1. The molecule has 0 bridgehead atoms. The number of aromatic nitrogens is 2. The normalized spacial score (nSPS) is 31.0. The van der Waals surface area contributed by atoms with Crippen LogP contribution in [0.4, 0.5) is 0 Å². The van der Waals surface area contributed by atoms with Gasteiger partial charge < -0.3 is 15.5 Å². The molecule has 11 heavy (non-hydrogen) atoms. The van der Waals surface area contributed by atoms with E-state index in [2.05, 4.69) is 9.97 Å². The number of nitrogens with two attached hydrogens (primary N) is 1. The fraction of sp³-hybridized carbons (Fsp3) is 0.571. The van der Waals surface area contributed by atoms with E-state index in [9.17, 15) is 0 Å². The fourth-order valence-corrected chi connectivity index (χ4v) is 1.35. The average Bonchev–Trinajstić information content (AvgIpc) is 2.55. The van der Waals surface area contributed by atoms with Gasteiger partial charge in [-0.25, -0.2) is 4.98 Å². The SMILES string of the molecule is N[C@@H]1CCO[C@H]1c1cnc[nH]1. The van der Waals surface area contributed by atoms with Gasteiger partial charge in [0.05, 0.1) is 18.2 Å². The van der Waals surface area contributed by atoms with Crippen molar-refractivity contribution in [3.8, 4) is 0 Å². The van der Waals surface area contributed by atoms with E-state index < -0.39 is 0 Å². The van der Waals surface area contributed by atoms with Crippen LogP contribution >= 0.6 is 0 Å². The molecule has 1 aromatic rings. The number of nitrogens with zero attached hydrogens (tertiary/aromatic N) is 1. The fourth-order valence-electron chi connectivity index (χ4n) is 1.35. The zero-order chi connectivity index (χ0) is 7.68. The smallest absolute Gasteiger partial charge is 0.114 e. The highest BCUT2D eigenvalue weighted by Crippen LogP contribution is 2.25. The van der Waals surface area contributed by atoms with Crippen molar-refractivity contribution in [2.45, 2.75) is 18.6 Å². The maximum Gasteiger partial charge on any atom is 0.114 e. The molecule has 2 atom stereocenters. The Labute approximate surface area is 64.8 Å². The Bertz CT molecular complexity index is 222. The van der Waals surface area contributed by atoms with Gasteiger partial charge in [-0.3, -0.25) is 0 Å². The summed E-state index contributed by atoms with van der Waals surface area (Å²) in [5.74, 6) is 0. The highest BCUT2D eigenvalue weighted by atomic mass is 16.5. The van der Waals surface area contributed by atoms with Crippen molar-refractivity contribution in [3.63, 3.8) is 0 Å². The molecule has 0 spiro atoms. The third-order valence-electron chi connectivity index (χ3n) is 1.96. The maximum atomic E-state index is 5.80. The van der Waals surface area contributed by atoms with Crippen LogP contribution in [0.1, 0.15) is 18.2 Å². The molecule has 1 saturated heterocycles. The van der Waals surface area contributed by atoms with E-state index in [0.29, 0.717) is 0 Å². The van der Waals surface area contributed by atoms with Gasteiger partial charge in [-0.1, -0.05) is 0 Å². The van der Waals surface area contributed by atoms with Crippen molar-refractivity contribution in [1.29, 1.82) is 0 Å². The van der Waals surface area contributed by atoms with Gasteiger partial charge in [0.1, 0.15) is 6.10 Å². The third-order valence-corrected chi connectivity index (χ3v) is 1.96. The van der Waals surface area contributed by atoms with Crippen molar-refractivity contribution in [1.82, 2.24) is 9.97 Å². The Morgan fingerprint density at radius 1 is 1.73 bits per heavy atom. The molecule has 1 fully saturated rings. The summed E-state index contributed by atoms with van der Waals surface area (Å²) >= 11 is 0. The van der Waals surface area contributed by atoms with Gasteiger partial charge in [0, 0.05) is 12.6 Å². The minimum absolute atomic E-state index is 0.0255. The third kappa shape index (κ3) is 1.15. The molecule has 0 amide bonds. The van der Waals surface area contributed by atoms with Crippen LogP contribution in [0.5, 0.6) is 0 Å². The zero-order valence-corrected chi connectivity index (χ0v) is 6.16. The predicted molar refractivity (Wildman–Crippen MR) is 39.9 cm³/mol. The number of hydrogen-bond donors (Lipinski definition) is 2. The van der Waals surface area contributed by atoms with Crippen LogP contribution in [0, 0.1) is 0 Å². The van der Waals surface area contributed by atoms with E-state index in [0.717, 1.165) is 18.7 Å². The first kappa shape index (κ1) is 6.82. The van der Waals surface area contributed by atoms with E-state index in [1.54, 1.807) is 12.5 Å². The van der Waals surface area contributed by atoms with Crippen molar-refractivity contribution >= 4 is 0 Å². The molecule has 0 unspecified atom stereocenters. The van der Waals surface area contributed by atoms with Gasteiger partial charge in [-0.15, -0.1) is 0 Å². The molecule has 2 heterocycles. The monoisotopic (exact) mass is 153 g/mol. The summed E-state index contributed by atoms with van der Waals surface area (Å²) in [5.41, 5.74) is 6.78. The molecule has 0 aromatic carbocycles. The first-order chi connectivity index (χ1) is 5.38.